The largest absolute Gasteiger partial charge is 0.373 e. The van der Waals surface area contributed by atoms with E-state index in [1.54, 1.807) is 0 Å². The second-order valence-electron chi connectivity index (χ2n) is 4.65. The van der Waals surface area contributed by atoms with Crippen molar-refractivity contribution in [1.29, 1.82) is 5.26 Å². The number of hydrogen-bond donors (Lipinski definition) is 0. The summed E-state index contributed by atoms with van der Waals surface area (Å²) in [6, 6.07) is 17.1. The van der Waals surface area contributed by atoms with Crippen molar-refractivity contribution in [3.8, 4) is 6.07 Å². The number of fused-ring (bicyclic) bond motifs is 1. The topological polar surface area (TPSA) is 27.0 Å². The van der Waals surface area contributed by atoms with Crippen LogP contribution in [0.4, 0.5) is 5.69 Å². The van der Waals surface area contributed by atoms with Crippen LogP contribution >= 0.6 is 0 Å². The highest BCUT2D eigenvalue weighted by Gasteiger charge is 2.09. The number of anilines is 1. The fourth-order valence-corrected chi connectivity index (χ4v) is 2.11. The molecule has 0 N–H and O–H groups in total. The monoisotopic (exact) mass is 238 g/mol. The van der Waals surface area contributed by atoms with E-state index in [1.165, 1.54) is 16.5 Å². The third-order valence-electron chi connectivity index (χ3n) is 3.34. The summed E-state index contributed by atoms with van der Waals surface area (Å²) < 4.78 is 0. The number of nitriles is 1. The molecule has 0 aliphatic carbocycles. The first-order chi connectivity index (χ1) is 8.74. The highest BCUT2D eigenvalue weighted by atomic mass is 15.1. The molecule has 2 nitrogen and oxygen atoms in total. The van der Waals surface area contributed by atoms with Crippen molar-refractivity contribution in [3.05, 3.63) is 42.5 Å². The van der Waals surface area contributed by atoms with Crippen molar-refractivity contribution in [1.82, 2.24) is 0 Å². The molecular weight excluding hydrogens is 220 g/mol. The van der Waals surface area contributed by atoms with Crippen molar-refractivity contribution in [2.75, 3.05) is 18.5 Å². The molecule has 0 saturated carbocycles. The molecular formula is C16H18N2. The van der Waals surface area contributed by atoms with Gasteiger partial charge in [0.15, 0.2) is 0 Å². The van der Waals surface area contributed by atoms with Gasteiger partial charge >= 0.3 is 0 Å². The van der Waals surface area contributed by atoms with Crippen LogP contribution in [0.15, 0.2) is 42.5 Å². The van der Waals surface area contributed by atoms with Gasteiger partial charge in [0.25, 0.3) is 0 Å². The van der Waals surface area contributed by atoms with E-state index >= 15 is 0 Å². The molecule has 0 spiro atoms. The maximum Gasteiger partial charge on any atom is 0.0674 e. The predicted molar refractivity (Wildman–Crippen MR) is 76.6 cm³/mol. The van der Waals surface area contributed by atoms with E-state index in [0.717, 1.165) is 13.0 Å². The Morgan fingerprint density at radius 2 is 1.89 bits per heavy atom. The fourth-order valence-electron chi connectivity index (χ4n) is 2.11. The Morgan fingerprint density at radius 3 is 2.56 bits per heavy atom. The molecule has 0 amide bonds. The first kappa shape index (κ1) is 12.4. The standard InChI is InChI=1S/C16H18N2/c1-3-13(11-17)12-18(2)16-9-8-14-6-4-5-7-15(14)10-16/h4-10,13H,3,12H2,1-2H3. The molecule has 0 fully saturated rings. The van der Waals surface area contributed by atoms with Gasteiger partial charge in [-0.1, -0.05) is 37.3 Å². The zero-order chi connectivity index (χ0) is 13.0. The van der Waals surface area contributed by atoms with Gasteiger partial charge in [0, 0.05) is 19.3 Å². The lowest BCUT2D eigenvalue weighted by molar-refractivity contribution is 0.631. The predicted octanol–water partition coefficient (Wildman–Crippen LogP) is 3.83. The minimum atomic E-state index is 0.0986. The first-order valence-corrected chi connectivity index (χ1v) is 6.34. The Morgan fingerprint density at radius 1 is 1.17 bits per heavy atom. The van der Waals surface area contributed by atoms with Crippen LogP contribution in [0.2, 0.25) is 0 Å². The maximum atomic E-state index is 9.02. The SMILES string of the molecule is CCC(C#N)CN(C)c1ccc2ccccc2c1. The molecule has 0 radical (unpaired) electrons. The summed E-state index contributed by atoms with van der Waals surface area (Å²) in [5.41, 5.74) is 1.17. The molecule has 2 aromatic rings. The Bertz CT molecular complexity index is 569. The fraction of sp³-hybridized carbons (Fsp3) is 0.312. The van der Waals surface area contributed by atoms with Crippen LogP contribution in [0.25, 0.3) is 10.8 Å². The summed E-state index contributed by atoms with van der Waals surface area (Å²) in [5, 5.41) is 11.5. The molecule has 0 saturated heterocycles. The Hall–Kier alpha value is -2.01. The highest BCUT2D eigenvalue weighted by molar-refractivity contribution is 5.85. The lowest BCUT2D eigenvalue weighted by Crippen LogP contribution is -2.24. The Kier molecular flexibility index (Phi) is 3.84. The number of nitrogens with zero attached hydrogens (tertiary/aromatic N) is 2. The molecule has 92 valence electrons. The molecule has 1 unspecified atom stereocenters. The number of benzene rings is 2. The van der Waals surface area contributed by atoms with E-state index in [0.29, 0.717) is 0 Å². The van der Waals surface area contributed by atoms with Gasteiger partial charge in [-0.2, -0.15) is 5.26 Å². The highest BCUT2D eigenvalue weighted by Crippen LogP contribution is 2.22. The molecule has 0 aliphatic rings. The van der Waals surface area contributed by atoms with E-state index in [9.17, 15) is 0 Å². The van der Waals surface area contributed by atoms with E-state index in [2.05, 4.69) is 60.4 Å². The Labute approximate surface area is 108 Å². The van der Waals surface area contributed by atoms with E-state index in [-0.39, 0.29) is 5.92 Å². The van der Waals surface area contributed by atoms with Gasteiger partial charge in [0.05, 0.1) is 12.0 Å². The van der Waals surface area contributed by atoms with Crippen LogP contribution < -0.4 is 4.90 Å². The van der Waals surface area contributed by atoms with Gasteiger partial charge in [0.1, 0.15) is 0 Å². The van der Waals surface area contributed by atoms with Gasteiger partial charge in [-0.3, -0.25) is 0 Å². The summed E-state index contributed by atoms with van der Waals surface area (Å²) in [6.45, 7) is 2.84. The second kappa shape index (κ2) is 5.55. The average Bonchev–Trinajstić information content (AvgIpc) is 2.44. The minimum absolute atomic E-state index is 0.0986. The van der Waals surface area contributed by atoms with Crippen LogP contribution in [-0.2, 0) is 0 Å². The maximum absolute atomic E-state index is 9.02. The van der Waals surface area contributed by atoms with Crippen LogP contribution in [0.5, 0.6) is 0 Å². The number of rotatable bonds is 4. The van der Waals surface area contributed by atoms with Crippen LogP contribution in [-0.4, -0.2) is 13.6 Å². The molecule has 2 heteroatoms. The normalized spacial score (nSPS) is 12.1. The summed E-state index contributed by atoms with van der Waals surface area (Å²) in [5.74, 6) is 0.0986. The average molecular weight is 238 g/mol. The molecule has 18 heavy (non-hydrogen) atoms. The van der Waals surface area contributed by atoms with Crippen molar-refractivity contribution >= 4 is 16.5 Å². The van der Waals surface area contributed by atoms with E-state index in [4.69, 9.17) is 5.26 Å². The quantitative estimate of drug-likeness (QED) is 0.809. The molecule has 0 aromatic heterocycles. The van der Waals surface area contributed by atoms with Gasteiger partial charge in [0.2, 0.25) is 0 Å². The van der Waals surface area contributed by atoms with Gasteiger partial charge in [-0.15, -0.1) is 0 Å². The summed E-state index contributed by atoms with van der Waals surface area (Å²) in [6.07, 6.45) is 0.897. The Balaban J connectivity index is 2.23. The molecule has 1 atom stereocenters. The second-order valence-corrected chi connectivity index (χ2v) is 4.65. The summed E-state index contributed by atoms with van der Waals surface area (Å²) in [7, 11) is 2.05. The van der Waals surface area contributed by atoms with Gasteiger partial charge in [-0.25, -0.2) is 0 Å². The molecule has 2 aromatic carbocycles. The molecule has 2 rings (SSSR count). The molecule has 0 bridgehead atoms. The van der Waals surface area contributed by atoms with Crippen molar-refractivity contribution < 1.29 is 0 Å². The van der Waals surface area contributed by atoms with Crippen molar-refractivity contribution in [3.63, 3.8) is 0 Å². The zero-order valence-corrected chi connectivity index (χ0v) is 10.9. The van der Waals surface area contributed by atoms with Crippen molar-refractivity contribution in [2.45, 2.75) is 13.3 Å². The number of hydrogen-bond acceptors (Lipinski definition) is 2. The van der Waals surface area contributed by atoms with E-state index < -0.39 is 0 Å². The lowest BCUT2D eigenvalue weighted by atomic mass is 10.1. The summed E-state index contributed by atoms with van der Waals surface area (Å²) >= 11 is 0. The zero-order valence-electron chi connectivity index (χ0n) is 10.9. The third kappa shape index (κ3) is 2.62. The van der Waals surface area contributed by atoms with Crippen LogP contribution in [0.3, 0.4) is 0 Å². The van der Waals surface area contributed by atoms with Crippen LogP contribution in [0, 0.1) is 17.2 Å². The molecule has 0 heterocycles. The first-order valence-electron chi connectivity index (χ1n) is 6.34. The van der Waals surface area contributed by atoms with Crippen LogP contribution in [0.1, 0.15) is 13.3 Å². The smallest absolute Gasteiger partial charge is 0.0674 e. The molecule has 0 aliphatic heterocycles. The van der Waals surface area contributed by atoms with Crippen molar-refractivity contribution in [2.24, 2.45) is 5.92 Å². The lowest BCUT2D eigenvalue weighted by Gasteiger charge is -2.22. The van der Waals surface area contributed by atoms with E-state index in [1.807, 2.05) is 7.05 Å². The third-order valence-corrected chi connectivity index (χ3v) is 3.34. The minimum Gasteiger partial charge on any atom is -0.373 e. The van der Waals surface area contributed by atoms with Gasteiger partial charge in [-0.05, 0) is 29.3 Å². The van der Waals surface area contributed by atoms with Gasteiger partial charge < -0.3 is 4.90 Å². The summed E-state index contributed by atoms with van der Waals surface area (Å²) in [4.78, 5) is 2.16.